The van der Waals surface area contributed by atoms with Gasteiger partial charge in [0.15, 0.2) is 5.13 Å². The minimum atomic E-state index is -0.315. The molecule has 2 N–H and O–H groups in total. The van der Waals surface area contributed by atoms with E-state index in [1.165, 1.54) is 35.6 Å². The molecule has 166 valence electrons. The summed E-state index contributed by atoms with van der Waals surface area (Å²) < 4.78 is 0. The molecule has 0 spiro atoms. The minimum absolute atomic E-state index is 0.0502. The number of carbonyl (C=O) groups excluding carboxylic acids is 2. The summed E-state index contributed by atoms with van der Waals surface area (Å²) >= 11 is 7.81. The number of nitrogens with one attached hydrogen (secondary N) is 2. The average molecular weight is 470 g/mol. The van der Waals surface area contributed by atoms with Crippen LogP contribution in [-0.4, -0.2) is 40.9 Å². The smallest absolute Gasteiger partial charge is 0.259 e. The average Bonchev–Trinajstić information content (AvgIpc) is 3.39. The molecule has 1 aliphatic rings. The van der Waals surface area contributed by atoms with Crippen molar-refractivity contribution in [2.45, 2.75) is 33.2 Å². The Morgan fingerprint density at radius 3 is 2.75 bits per heavy atom. The molecule has 0 bridgehead atoms. The van der Waals surface area contributed by atoms with E-state index >= 15 is 0 Å². The van der Waals surface area contributed by atoms with Crippen molar-refractivity contribution in [3.63, 3.8) is 0 Å². The normalized spacial score (nSPS) is 15.6. The van der Waals surface area contributed by atoms with Crippen LogP contribution in [0.25, 0.3) is 11.3 Å². The second-order valence-corrected chi connectivity index (χ2v) is 9.22. The highest BCUT2D eigenvalue weighted by molar-refractivity contribution is 7.14. The lowest BCUT2D eigenvalue weighted by Crippen LogP contribution is -2.35. The first-order chi connectivity index (χ1) is 15.3. The van der Waals surface area contributed by atoms with Crippen LogP contribution in [0.4, 0.5) is 10.9 Å². The molecule has 1 unspecified atom stereocenters. The molecule has 1 aromatic carbocycles. The Balaban J connectivity index is 1.43. The molecule has 9 heteroatoms. The van der Waals surface area contributed by atoms with Gasteiger partial charge in [-0.05, 0) is 43.5 Å². The number of amides is 2. The number of aromatic nitrogens is 2. The number of rotatable bonds is 5. The zero-order chi connectivity index (χ0) is 22.8. The number of halogens is 1. The molecule has 4 rings (SSSR count). The third-order valence-corrected chi connectivity index (χ3v) is 6.54. The maximum atomic E-state index is 12.7. The predicted molar refractivity (Wildman–Crippen MR) is 129 cm³/mol. The molecule has 0 saturated carbocycles. The summed E-state index contributed by atoms with van der Waals surface area (Å²) in [6, 6.07) is 7.87. The Bertz CT molecular complexity index is 1180. The first kappa shape index (κ1) is 22.2. The van der Waals surface area contributed by atoms with Crippen LogP contribution in [0.1, 0.15) is 34.8 Å². The molecular weight excluding hydrogens is 446 g/mol. The van der Waals surface area contributed by atoms with Crippen LogP contribution in [0.15, 0.2) is 35.8 Å². The van der Waals surface area contributed by atoms with Crippen LogP contribution in [0, 0.1) is 13.8 Å². The number of aryl methyl sites for hydroxylation is 2. The van der Waals surface area contributed by atoms with E-state index < -0.39 is 0 Å². The number of hydrogen-bond acceptors (Lipinski definition) is 6. The summed E-state index contributed by atoms with van der Waals surface area (Å²) in [4.78, 5) is 35.0. The Morgan fingerprint density at radius 1 is 1.22 bits per heavy atom. The molecule has 1 saturated heterocycles. The predicted octanol–water partition coefficient (Wildman–Crippen LogP) is 4.44. The molecule has 3 aromatic rings. The third kappa shape index (κ3) is 4.92. The van der Waals surface area contributed by atoms with Crippen LogP contribution >= 0.6 is 22.9 Å². The molecule has 1 fully saturated rings. The number of thiazole rings is 1. The van der Waals surface area contributed by atoms with E-state index in [1.54, 1.807) is 6.07 Å². The van der Waals surface area contributed by atoms with Crippen molar-refractivity contribution in [2.24, 2.45) is 0 Å². The van der Waals surface area contributed by atoms with Crippen LogP contribution in [-0.2, 0) is 4.79 Å². The summed E-state index contributed by atoms with van der Waals surface area (Å²) in [5, 5.41) is 8.58. The highest BCUT2D eigenvalue weighted by Crippen LogP contribution is 2.29. The lowest BCUT2D eigenvalue weighted by Gasteiger charge is -2.19. The maximum absolute atomic E-state index is 12.7. The number of benzene rings is 1. The second kappa shape index (κ2) is 9.26. The topological polar surface area (TPSA) is 87.2 Å². The molecule has 32 heavy (non-hydrogen) atoms. The van der Waals surface area contributed by atoms with Gasteiger partial charge in [0.2, 0.25) is 5.91 Å². The Labute approximate surface area is 195 Å². The van der Waals surface area contributed by atoms with Gasteiger partial charge in [-0.1, -0.05) is 23.7 Å². The fourth-order valence-electron chi connectivity index (χ4n) is 3.68. The van der Waals surface area contributed by atoms with Crippen LogP contribution in [0.5, 0.6) is 0 Å². The molecule has 2 amide bonds. The molecular formula is C23H24ClN5O2S. The van der Waals surface area contributed by atoms with Crippen molar-refractivity contribution >= 4 is 45.7 Å². The van der Waals surface area contributed by atoms with Gasteiger partial charge < -0.3 is 10.2 Å². The van der Waals surface area contributed by atoms with Gasteiger partial charge in [-0.3, -0.25) is 14.9 Å². The van der Waals surface area contributed by atoms with Gasteiger partial charge in [-0.15, -0.1) is 11.3 Å². The summed E-state index contributed by atoms with van der Waals surface area (Å²) in [6.45, 7) is 7.02. The van der Waals surface area contributed by atoms with Crippen molar-refractivity contribution in [3.8, 4) is 11.3 Å². The quantitative estimate of drug-likeness (QED) is 0.576. The zero-order valence-electron chi connectivity index (χ0n) is 18.1. The largest absolute Gasteiger partial charge is 0.353 e. The van der Waals surface area contributed by atoms with Gasteiger partial charge in [0.05, 0.1) is 16.3 Å². The van der Waals surface area contributed by atoms with Gasteiger partial charge in [0, 0.05) is 43.2 Å². The lowest BCUT2D eigenvalue weighted by molar-refractivity contribution is -0.119. The SMILES string of the molecule is CC(=O)NC1CCN(c2ncc(C(=O)Nc3nc(-c4ccc(C)c(C)c4)cs3)cc2Cl)C1. The lowest BCUT2D eigenvalue weighted by atomic mass is 10.1. The molecule has 7 nitrogen and oxygen atoms in total. The van der Waals surface area contributed by atoms with Crippen LogP contribution in [0.3, 0.4) is 0 Å². The molecule has 0 aliphatic carbocycles. The summed E-state index contributed by atoms with van der Waals surface area (Å²) in [6.07, 6.45) is 2.34. The monoisotopic (exact) mass is 469 g/mol. The van der Waals surface area contributed by atoms with Crippen molar-refractivity contribution in [1.82, 2.24) is 15.3 Å². The van der Waals surface area contributed by atoms with Gasteiger partial charge in [0.25, 0.3) is 5.91 Å². The number of hydrogen-bond donors (Lipinski definition) is 2. The highest BCUT2D eigenvalue weighted by atomic mass is 35.5. The van der Waals surface area contributed by atoms with E-state index in [4.69, 9.17) is 11.6 Å². The number of anilines is 2. The van der Waals surface area contributed by atoms with E-state index in [0.29, 0.717) is 28.1 Å². The zero-order valence-corrected chi connectivity index (χ0v) is 19.7. The van der Waals surface area contributed by atoms with E-state index in [0.717, 1.165) is 24.2 Å². The minimum Gasteiger partial charge on any atom is -0.353 e. The van der Waals surface area contributed by atoms with Gasteiger partial charge in [-0.25, -0.2) is 9.97 Å². The van der Waals surface area contributed by atoms with Crippen molar-refractivity contribution < 1.29 is 9.59 Å². The molecule has 0 radical (unpaired) electrons. The van der Waals surface area contributed by atoms with E-state index in [1.807, 2.05) is 16.3 Å². The molecule has 1 aliphatic heterocycles. The Hall–Kier alpha value is -2.97. The van der Waals surface area contributed by atoms with E-state index in [2.05, 4.69) is 46.6 Å². The van der Waals surface area contributed by atoms with Crippen LogP contribution < -0.4 is 15.5 Å². The number of nitrogens with zero attached hydrogens (tertiary/aromatic N) is 3. The molecule has 3 heterocycles. The van der Waals surface area contributed by atoms with E-state index in [-0.39, 0.29) is 17.9 Å². The molecule has 2 aromatic heterocycles. The maximum Gasteiger partial charge on any atom is 0.259 e. The second-order valence-electron chi connectivity index (χ2n) is 7.95. The summed E-state index contributed by atoms with van der Waals surface area (Å²) in [5.41, 5.74) is 4.62. The fourth-order valence-corrected chi connectivity index (χ4v) is 4.68. The number of pyridine rings is 1. The highest BCUT2D eigenvalue weighted by Gasteiger charge is 2.26. The standard InChI is InChI=1S/C23H24ClN5O2S/c1-13-4-5-16(8-14(13)2)20-12-32-23(27-20)28-22(31)17-9-19(24)21(25-10-17)29-7-6-18(11-29)26-15(3)30/h4-5,8-10,12,18H,6-7,11H2,1-3H3,(H,26,30)(H,27,28,31). The van der Waals surface area contributed by atoms with Gasteiger partial charge in [-0.2, -0.15) is 0 Å². The van der Waals surface area contributed by atoms with Crippen molar-refractivity contribution in [1.29, 1.82) is 0 Å². The first-order valence-corrected chi connectivity index (χ1v) is 11.6. The van der Waals surface area contributed by atoms with Crippen LogP contribution in [0.2, 0.25) is 5.02 Å². The summed E-state index contributed by atoms with van der Waals surface area (Å²) in [5.74, 6) is 0.248. The Morgan fingerprint density at radius 2 is 2.03 bits per heavy atom. The van der Waals surface area contributed by atoms with Gasteiger partial charge >= 0.3 is 0 Å². The van der Waals surface area contributed by atoms with Gasteiger partial charge in [0.1, 0.15) is 5.82 Å². The van der Waals surface area contributed by atoms with E-state index in [9.17, 15) is 9.59 Å². The fraction of sp³-hybridized carbons (Fsp3) is 0.304. The number of carbonyl (C=O) groups is 2. The molecule has 1 atom stereocenters. The van der Waals surface area contributed by atoms with Crippen molar-refractivity contribution in [2.75, 3.05) is 23.3 Å². The first-order valence-electron chi connectivity index (χ1n) is 10.3. The Kier molecular flexibility index (Phi) is 6.43. The van der Waals surface area contributed by atoms with Crippen molar-refractivity contribution in [3.05, 3.63) is 57.6 Å². The third-order valence-electron chi connectivity index (χ3n) is 5.51. The summed E-state index contributed by atoms with van der Waals surface area (Å²) in [7, 11) is 0.